The molecule has 0 aliphatic heterocycles. The third-order valence-electron chi connectivity index (χ3n) is 3.03. The molecule has 0 N–H and O–H groups in total. The molecule has 0 fully saturated rings. The van der Waals surface area contributed by atoms with Crippen LogP contribution in [0.4, 0.5) is 0 Å². The third-order valence-corrected chi connectivity index (χ3v) is 3.86. The van der Waals surface area contributed by atoms with E-state index in [1.165, 1.54) is 11.9 Å². The minimum Gasteiger partial charge on any atom is -0.439 e. The van der Waals surface area contributed by atoms with E-state index in [2.05, 4.69) is 15.2 Å². The highest BCUT2D eigenvalue weighted by Crippen LogP contribution is 2.21. The second-order valence-electron chi connectivity index (χ2n) is 4.68. The van der Waals surface area contributed by atoms with Crippen molar-refractivity contribution in [3.63, 3.8) is 0 Å². The molecule has 6 nitrogen and oxygen atoms in total. The summed E-state index contributed by atoms with van der Waals surface area (Å²) in [6.07, 6.45) is 4.77. The lowest BCUT2D eigenvalue weighted by Gasteiger charge is -2.01. The predicted octanol–water partition coefficient (Wildman–Crippen LogP) is 2.03. The van der Waals surface area contributed by atoms with Gasteiger partial charge < -0.3 is 4.42 Å². The monoisotopic (exact) mass is 302 g/mol. The van der Waals surface area contributed by atoms with Crippen LogP contribution in [0.1, 0.15) is 11.5 Å². The minimum atomic E-state index is -1.19. The average molecular weight is 302 g/mol. The molecule has 0 bridgehead atoms. The van der Waals surface area contributed by atoms with Gasteiger partial charge >= 0.3 is 0 Å². The highest BCUT2D eigenvalue weighted by atomic mass is 32.2. The Labute approximate surface area is 124 Å². The van der Waals surface area contributed by atoms with Crippen molar-refractivity contribution in [3.8, 4) is 11.3 Å². The Morgan fingerprint density at radius 3 is 2.76 bits per heavy atom. The van der Waals surface area contributed by atoms with Gasteiger partial charge in [-0.1, -0.05) is 29.8 Å². The molecule has 108 valence electrons. The van der Waals surface area contributed by atoms with Gasteiger partial charge in [-0.3, -0.25) is 8.78 Å². The number of benzene rings is 1. The molecule has 0 spiro atoms. The molecule has 3 rings (SSSR count). The molecule has 0 aliphatic rings. The Balaban J connectivity index is 1.83. The fraction of sp³-hybridized carbons (Fsp3) is 0.214. The summed E-state index contributed by atoms with van der Waals surface area (Å²) in [6, 6.07) is 8.03. The SMILES string of the molecule is Cc1ccc(-c2cnc(Cn3cnnc3S(C)=O)o2)cc1. The first-order valence-electron chi connectivity index (χ1n) is 6.36. The Kier molecular flexibility index (Phi) is 3.66. The van der Waals surface area contributed by atoms with Crippen LogP contribution in [0.2, 0.25) is 0 Å². The van der Waals surface area contributed by atoms with E-state index in [-0.39, 0.29) is 0 Å². The lowest BCUT2D eigenvalue weighted by atomic mass is 10.1. The zero-order chi connectivity index (χ0) is 14.8. The van der Waals surface area contributed by atoms with Gasteiger partial charge in [0.2, 0.25) is 11.0 Å². The number of rotatable bonds is 4. The summed E-state index contributed by atoms with van der Waals surface area (Å²) < 4.78 is 18.9. The first kappa shape index (κ1) is 13.7. The average Bonchev–Trinajstić information content (AvgIpc) is 3.09. The van der Waals surface area contributed by atoms with Crippen LogP contribution >= 0.6 is 0 Å². The van der Waals surface area contributed by atoms with Crippen molar-refractivity contribution >= 4 is 10.8 Å². The van der Waals surface area contributed by atoms with Crippen LogP contribution in [0.25, 0.3) is 11.3 Å². The molecule has 0 aliphatic carbocycles. The third kappa shape index (κ3) is 2.92. The van der Waals surface area contributed by atoms with Crippen LogP contribution in [-0.4, -0.2) is 30.2 Å². The van der Waals surface area contributed by atoms with Crippen molar-refractivity contribution in [1.29, 1.82) is 0 Å². The van der Waals surface area contributed by atoms with Gasteiger partial charge in [-0.15, -0.1) is 10.2 Å². The zero-order valence-corrected chi connectivity index (χ0v) is 12.5. The smallest absolute Gasteiger partial charge is 0.221 e. The van der Waals surface area contributed by atoms with E-state index < -0.39 is 10.8 Å². The number of aromatic nitrogens is 4. The van der Waals surface area contributed by atoms with E-state index in [1.807, 2.05) is 31.2 Å². The van der Waals surface area contributed by atoms with E-state index in [9.17, 15) is 4.21 Å². The highest BCUT2D eigenvalue weighted by Gasteiger charge is 2.12. The fourth-order valence-electron chi connectivity index (χ4n) is 1.96. The summed E-state index contributed by atoms with van der Waals surface area (Å²) in [5.74, 6) is 1.23. The molecule has 0 radical (unpaired) electrons. The van der Waals surface area contributed by atoms with Crippen molar-refractivity contribution in [2.24, 2.45) is 0 Å². The van der Waals surface area contributed by atoms with Crippen LogP contribution in [-0.2, 0) is 17.3 Å². The molecular weight excluding hydrogens is 288 g/mol. The summed E-state index contributed by atoms with van der Waals surface area (Å²) >= 11 is 0. The molecule has 2 heterocycles. The maximum Gasteiger partial charge on any atom is 0.221 e. The second kappa shape index (κ2) is 5.61. The van der Waals surface area contributed by atoms with Crippen LogP contribution < -0.4 is 0 Å². The number of oxazole rings is 1. The second-order valence-corrected chi connectivity index (χ2v) is 5.95. The van der Waals surface area contributed by atoms with E-state index in [1.54, 1.807) is 17.0 Å². The van der Waals surface area contributed by atoms with Gasteiger partial charge in [-0.05, 0) is 6.92 Å². The van der Waals surface area contributed by atoms with Crippen molar-refractivity contribution in [3.05, 3.63) is 48.2 Å². The summed E-state index contributed by atoms with van der Waals surface area (Å²) in [4.78, 5) is 4.25. The standard InChI is InChI=1S/C14H14N4O2S/c1-10-3-5-11(6-4-10)12-7-15-13(20-12)8-18-9-16-17-14(18)21(2)19/h3-7,9H,8H2,1-2H3. The molecule has 0 saturated carbocycles. The Hall–Kier alpha value is -2.28. The number of aryl methyl sites for hydroxylation is 1. The number of hydrogen-bond donors (Lipinski definition) is 0. The largest absolute Gasteiger partial charge is 0.439 e. The maximum atomic E-state index is 11.5. The van der Waals surface area contributed by atoms with Crippen LogP contribution in [0.3, 0.4) is 0 Å². The summed E-state index contributed by atoms with van der Waals surface area (Å²) in [5.41, 5.74) is 2.17. The van der Waals surface area contributed by atoms with Crippen LogP contribution in [0.5, 0.6) is 0 Å². The molecule has 1 atom stereocenters. The van der Waals surface area contributed by atoms with Crippen molar-refractivity contribution in [2.45, 2.75) is 18.6 Å². The molecular formula is C14H14N4O2S. The van der Waals surface area contributed by atoms with Gasteiger partial charge in [0.25, 0.3) is 0 Å². The maximum absolute atomic E-state index is 11.5. The zero-order valence-electron chi connectivity index (χ0n) is 11.7. The van der Waals surface area contributed by atoms with Crippen LogP contribution in [0.15, 0.2) is 46.4 Å². The Bertz CT molecular complexity index is 776. The van der Waals surface area contributed by atoms with Gasteiger partial charge in [-0.2, -0.15) is 0 Å². The molecule has 2 aromatic heterocycles. The van der Waals surface area contributed by atoms with Crippen molar-refractivity contribution < 1.29 is 8.63 Å². The lowest BCUT2D eigenvalue weighted by molar-refractivity contribution is 0.477. The molecule has 1 unspecified atom stereocenters. The Morgan fingerprint density at radius 2 is 2.05 bits per heavy atom. The van der Waals surface area contributed by atoms with Gasteiger partial charge in [0.05, 0.1) is 17.0 Å². The molecule has 7 heteroatoms. The van der Waals surface area contributed by atoms with Crippen molar-refractivity contribution in [1.82, 2.24) is 19.7 Å². The van der Waals surface area contributed by atoms with Gasteiger partial charge in [0, 0.05) is 11.8 Å². The van der Waals surface area contributed by atoms with Crippen LogP contribution in [0, 0.1) is 6.92 Å². The minimum absolute atomic E-state index is 0.355. The number of nitrogens with zero attached hydrogens (tertiary/aromatic N) is 4. The summed E-state index contributed by atoms with van der Waals surface area (Å²) in [7, 11) is -1.19. The quantitative estimate of drug-likeness (QED) is 0.737. The van der Waals surface area contributed by atoms with E-state index in [0.29, 0.717) is 23.4 Å². The predicted molar refractivity (Wildman–Crippen MR) is 78.1 cm³/mol. The van der Waals surface area contributed by atoms with E-state index >= 15 is 0 Å². The topological polar surface area (TPSA) is 73.8 Å². The first-order valence-corrected chi connectivity index (χ1v) is 7.92. The normalized spacial score (nSPS) is 12.5. The molecule has 3 aromatic rings. The lowest BCUT2D eigenvalue weighted by Crippen LogP contribution is -2.05. The van der Waals surface area contributed by atoms with Gasteiger partial charge in [0.15, 0.2) is 5.76 Å². The summed E-state index contributed by atoms with van der Waals surface area (Å²) in [5, 5.41) is 8.00. The molecule has 1 aromatic carbocycles. The fourth-order valence-corrected chi connectivity index (χ4v) is 2.56. The van der Waals surface area contributed by atoms with Gasteiger partial charge in [0.1, 0.15) is 12.9 Å². The van der Waals surface area contributed by atoms with E-state index in [0.717, 1.165) is 5.56 Å². The van der Waals surface area contributed by atoms with Crippen molar-refractivity contribution in [2.75, 3.05) is 6.26 Å². The molecule has 0 amide bonds. The number of hydrogen-bond acceptors (Lipinski definition) is 5. The summed E-state index contributed by atoms with van der Waals surface area (Å²) in [6.45, 7) is 2.39. The Morgan fingerprint density at radius 1 is 1.29 bits per heavy atom. The van der Waals surface area contributed by atoms with Gasteiger partial charge in [-0.25, -0.2) is 4.98 Å². The molecule has 21 heavy (non-hydrogen) atoms. The van der Waals surface area contributed by atoms with E-state index in [4.69, 9.17) is 4.42 Å². The highest BCUT2D eigenvalue weighted by molar-refractivity contribution is 7.84. The molecule has 0 saturated heterocycles. The first-order chi connectivity index (χ1) is 10.1.